The highest BCUT2D eigenvalue weighted by Gasteiger charge is 2.23. The Morgan fingerprint density at radius 1 is 1.04 bits per heavy atom. The second-order valence-electron chi connectivity index (χ2n) is 6.30. The van der Waals surface area contributed by atoms with Crippen molar-refractivity contribution in [2.24, 2.45) is 0 Å². The van der Waals surface area contributed by atoms with Gasteiger partial charge in [0, 0.05) is 31.6 Å². The van der Waals surface area contributed by atoms with Gasteiger partial charge >= 0.3 is 0 Å². The Bertz CT molecular complexity index is 1080. The summed E-state index contributed by atoms with van der Waals surface area (Å²) < 4.78 is 27.5. The predicted octanol–water partition coefficient (Wildman–Crippen LogP) is 2.78. The molecule has 0 aliphatic carbocycles. The van der Waals surface area contributed by atoms with Crippen LogP contribution in [0.25, 0.3) is 10.9 Å². The van der Waals surface area contributed by atoms with Crippen LogP contribution in [0.2, 0.25) is 0 Å². The molecule has 3 aromatic rings. The molecule has 0 saturated heterocycles. The second-order valence-corrected chi connectivity index (χ2v) is 8.11. The van der Waals surface area contributed by atoms with Crippen LogP contribution in [0.15, 0.2) is 59.6 Å². The summed E-state index contributed by atoms with van der Waals surface area (Å²) in [7, 11) is -3.68. The number of aromatic nitrogens is 1. The first kappa shape index (κ1) is 15.9. The summed E-state index contributed by atoms with van der Waals surface area (Å²) >= 11 is 0. The number of carbonyl (C=O) groups is 1. The van der Waals surface area contributed by atoms with E-state index in [1.54, 1.807) is 35.4 Å². The molecule has 0 unspecified atom stereocenters. The Hall–Kier alpha value is -2.60. The van der Waals surface area contributed by atoms with Gasteiger partial charge < -0.3 is 4.90 Å². The first-order chi connectivity index (χ1) is 12.0. The maximum atomic E-state index is 13.1. The lowest BCUT2D eigenvalue weighted by molar-refractivity contribution is -0.129. The van der Waals surface area contributed by atoms with Crippen LogP contribution in [0, 0.1) is 0 Å². The van der Waals surface area contributed by atoms with E-state index in [-0.39, 0.29) is 10.8 Å². The Balaban J connectivity index is 1.79. The molecule has 6 heteroatoms. The summed E-state index contributed by atoms with van der Waals surface area (Å²) in [6, 6.07) is 14.4. The van der Waals surface area contributed by atoms with Crippen LogP contribution in [0.5, 0.6) is 0 Å². The lowest BCUT2D eigenvalue weighted by atomic mass is 10.00. The van der Waals surface area contributed by atoms with Gasteiger partial charge in [-0.3, -0.25) is 4.79 Å². The summed E-state index contributed by atoms with van der Waals surface area (Å²) in [5.74, 6) is 0.00955. The minimum absolute atomic E-state index is 0.00955. The van der Waals surface area contributed by atoms with Crippen LogP contribution < -0.4 is 0 Å². The van der Waals surface area contributed by atoms with Crippen molar-refractivity contribution in [2.75, 3.05) is 6.54 Å². The fourth-order valence-corrected chi connectivity index (χ4v) is 4.75. The van der Waals surface area contributed by atoms with Gasteiger partial charge in [-0.25, -0.2) is 12.4 Å². The van der Waals surface area contributed by atoms with Crippen LogP contribution in [0.1, 0.15) is 18.1 Å². The van der Waals surface area contributed by atoms with Crippen LogP contribution in [0.4, 0.5) is 0 Å². The zero-order valence-electron chi connectivity index (χ0n) is 13.8. The topological polar surface area (TPSA) is 59.4 Å². The number of hydrogen-bond donors (Lipinski definition) is 0. The van der Waals surface area contributed by atoms with Crippen molar-refractivity contribution in [3.05, 3.63) is 65.9 Å². The van der Waals surface area contributed by atoms with Gasteiger partial charge in [-0.1, -0.05) is 24.3 Å². The van der Waals surface area contributed by atoms with Crippen molar-refractivity contribution in [1.29, 1.82) is 0 Å². The number of benzene rings is 2. The highest BCUT2D eigenvalue weighted by atomic mass is 32.2. The van der Waals surface area contributed by atoms with E-state index < -0.39 is 10.0 Å². The number of carbonyl (C=O) groups excluding carboxylic acids is 1. The zero-order valence-corrected chi connectivity index (χ0v) is 14.7. The molecular weight excluding hydrogens is 336 g/mol. The van der Waals surface area contributed by atoms with Crippen molar-refractivity contribution < 1.29 is 13.2 Å². The summed E-state index contributed by atoms with van der Waals surface area (Å²) in [6.07, 6.45) is 2.34. The van der Waals surface area contributed by atoms with E-state index in [0.29, 0.717) is 18.6 Å². The number of nitrogens with zero attached hydrogens (tertiary/aromatic N) is 2. The molecule has 1 amide bonds. The molecule has 0 radical (unpaired) electrons. The van der Waals surface area contributed by atoms with Gasteiger partial charge in [0.2, 0.25) is 5.91 Å². The number of rotatable bonds is 2. The summed E-state index contributed by atoms with van der Waals surface area (Å²) in [5.41, 5.74) is 2.67. The minimum atomic E-state index is -3.68. The molecule has 0 fully saturated rings. The van der Waals surface area contributed by atoms with Crippen molar-refractivity contribution in [3.8, 4) is 0 Å². The zero-order chi connectivity index (χ0) is 17.6. The molecule has 4 rings (SSSR count). The molecule has 128 valence electrons. The molecule has 1 aliphatic heterocycles. The van der Waals surface area contributed by atoms with E-state index in [0.717, 1.165) is 22.9 Å². The Kier molecular flexibility index (Phi) is 3.65. The van der Waals surface area contributed by atoms with E-state index in [2.05, 4.69) is 0 Å². The van der Waals surface area contributed by atoms with Gasteiger partial charge in [0.25, 0.3) is 10.0 Å². The fourth-order valence-electron chi connectivity index (χ4n) is 3.34. The van der Waals surface area contributed by atoms with Crippen LogP contribution in [-0.4, -0.2) is 29.7 Å². The molecule has 0 spiro atoms. The second kappa shape index (κ2) is 5.74. The van der Waals surface area contributed by atoms with Gasteiger partial charge in [-0.05, 0) is 41.8 Å². The molecule has 1 aromatic heterocycles. The molecule has 25 heavy (non-hydrogen) atoms. The van der Waals surface area contributed by atoms with Gasteiger partial charge in [-0.2, -0.15) is 0 Å². The highest BCUT2D eigenvalue weighted by Crippen LogP contribution is 2.26. The highest BCUT2D eigenvalue weighted by molar-refractivity contribution is 7.90. The molecule has 0 atom stereocenters. The van der Waals surface area contributed by atoms with Crippen molar-refractivity contribution in [2.45, 2.75) is 24.8 Å². The van der Waals surface area contributed by atoms with Gasteiger partial charge in [0.15, 0.2) is 0 Å². The molecule has 5 nitrogen and oxygen atoms in total. The summed E-state index contributed by atoms with van der Waals surface area (Å²) in [5, 5.41) is 0.881. The van der Waals surface area contributed by atoms with Gasteiger partial charge in [0.1, 0.15) is 0 Å². The van der Waals surface area contributed by atoms with E-state index in [9.17, 15) is 13.2 Å². The molecule has 0 bridgehead atoms. The van der Waals surface area contributed by atoms with E-state index >= 15 is 0 Å². The fraction of sp³-hybridized carbons (Fsp3) is 0.211. The average molecular weight is 354 g/mol. The van der Waals surface area contributed by atoms with E-state index in [1.807, 2.05) is 24.3 Å². The Morgan fingerprint density at radius 2 is 1.84 bits per heavy atom. The number of para-hydroxylation sites is 1. The number of fused-ring (bicyclic) bond motifs is 2. The summed E-state index contributed by atoms with van der Waals surface area (Å²) in [6.45, 7) is 2.68. The molecular formula is C19H18N2O3S. The minimum Gasteiger partial charge on any atom is -0.338 e. The van der Waals surface area contributed by atoms with Crippen molar-refractivity contribution in [3.63, 3.8) is 0 Å². The third kappa shape index (κ3) is 2.62. The lowest BCUT2D eigenvalue weighted by Gasteiger charge is -2.28. The van der Waals surface area contributed by atoms with Crippen molar-refractivity contribution in [1.82, 2.24) is 8.87 Å². The molecule has 1 aliphatic rings. The van der Waals surface area contributed by atoms with Crippen LogP contribution >= 0.6 is 0 Å². The van der Waals surface area contributed by atoms with E-state index in [4.69, 9.17) is 0 Å². The SMILES string of the molecule is CC(=O)N1CCc2ccc(S(=O)(=O)n3ccc4ccccc43)cc2C1. The largest absolute Gasteiger partial charge is 0.338 e. The van der Waals surface area contributed by atoms with Crippen LogP contribution in [-0.2, 0) is 27.8 Å². The maximum Gasteiger partial charge on any atom is 0.268 e. The monoisotopic (exact) mass is 354 g/mol. The normalized spacial score (nSPS) is 14.5. The molecule has 0 saturated carbocycles. The van der Waals surface area contributed by atoms with Crippen LogP contribution in [0.3, 0.4) is 0 Å². The standard InChI is InChI=1S/C19H18N2O3S/c1-14(22)20-10-8-15-6-7-18(12-17(15)13-20)25(23,24)21-11-9-16-4-2-3-5-19(16)21/h2-7,9,11-12H,8,10,13H2,1H3. The molecule has 2 heterocycles. The first-order valence-electron chi connectivity index (χ1n) is 8.16. The predicted molar refractivity (Wildman–Crippen MR) is 95.8 cm³/mol. The smallest absolute Gasteiger partial charge is 0.268 e. The Morgan fingerprint density at radius 3 is 2.64 bits per heavy atom. The third-order valence-corrected chi connectivity index (χ3v) is 6.44. The van der Waals surface area contributed by atoms with Gasteiger partial charge in [0.05, 0.1) is 10.4 Å². The van der Waals surface area contributed by atoms with E-state index in [1.165, 1.54) is 10.9 Å². The molecule has 0 N–H and O–H groups in total. The molecule has 2 aromatic carbocycles. The first-order valence-corrected chi connectivity index (χ1v) is 9.60. The third-order valence-electron chi connectivity index (χ3n) is 4.76. The Labute approximate surface area is 146 Å². The quantitative estimate of drug-likeness (QED) is 0.711. The van der Waals surface area contributed by atoms with Gasteiger partial charge in [-0.15, -0.1) is 0 Å². The number of hydrogen-bond acceptors (Lipinski definition) is 3. The average Bonchev–Trinajstić information content (AvgIpc) is 3.05. The number of amides is 1. The lowest BCUT2D eigenvalue weighted by Crippen LogP contribution is -2.34. The summed E-state index contributed by atoms with van der Waals surface area (Å²) in [4.78, 5) is 13.6. The van der Waals surface area contributed by atoms with Crippen molar-refractivity contribution >= 4 is 26.8 Å². The maximum absolute atomic E-state index is 13.1.